The summed E-state index contributed by atoms with van der Waals surface area (Å²) >= 11 is 0. The number of methoxy groups -OCH3 is 1. The number of nitrogens with zero attached hydrogens (tertiary/aromatic N) is 1. The summed E-state index contributed by atoms with van der Waals surface area (Å²) in [5.74, 6) is 0.0751. The molecule has 138 valence electrons. The van der Waals surface area contributed by atoms with Crippen molar-refractivity contribution in [2.24, 2.45) is 0 Å². The molecule has 1 aromatic rings. The molecular weight excluding hydrogens is 320 g/mol. The number of nitrogens with one attached hydrogen (secondary N) is 3. The van der Waals surface area contributed by atoms with Crippen LogP contribution in [0.25, 0.3) is 0 Å². The maximum atomic E-state index is 12.4. The van der Waals surface area contributed by atoms with Crippen LogP contribution in [-0.2, 0) is 9.53 Å². The summed E-state index contributed by atoms with van der Waals surface area (Å²) in [6, 6.07) is 9.11. The summed E-state index contributed by atoms with van der Waals surface area (Å²) in [4.78, 5) is 26.3. The highest BCUT2D eigenvalue weighted by atomic mass is 16.5. The fraction of sp³-hybridized carbons (Fsp3) is 0.556. The summed E-state index contributed by atoms with van der Waals surface area (Å²) in [7, 11) is 1.64. The van der Waals surface area contributed by atoms with Crippen molar-refractivity contribution < 1.29 is 14.3 Å². The maximum Gasteiger partial charge on any atom is 0.319 e. The molecule has 1 saturated heterocycles. The van der Waals surface area contributed by atoms with Crippen molar-refractivity contribution in [2.45, 2.75) is 25.3 Å². The number of amides is 3. The molecule has 1 atom stereocenters. The Morgan fingerprint density at radius 3 is 2.80 bits per heavy atom. The quantitative estimate of drug-likeness (QED) is 0.621. The Morgan fingerprint density at radius 1 is 1.24 bits per heavy atom. The molecule has 0 saturated carbocycles. The van der Waals surface area contributed by atoms with Crippen molar-refractivity contribution in [3.63, 3.8) is 0 Å². The highest BCUT2D eigenvalue weighted by Crippen LogP contribution is 2.16. The molecule has 3 N–H and O–H groups in total. The number of likely N-dealkylation sites (tertiary alicyclic amines) is 1. The molecule has 0 spiro atoms. The van der Waals surface area contributed by atoms with Gasteiger partial charge >= 0.3 is 6.03 Å². The van der Waals surface area contributed by atoms with Gasteiger partial charge in [0.1, 0.15) is 0 Å². The largest absolute Gasteiger partial charge is 0.383 e. The highest BCUT2D eigenvalue weighted by Gasteiger charge is 2.26. The van der Waals surface area contributed by atoms with Gasteiger partial charge in [-0.15, -0.1) is 0 Å². The first-order valence-electron chi connectivity index (χ1n) is 8.79. The van der Waals surface area contributed by atoms with E-state index >= 15 is 0 Å². The van der Waals surface area contributed by atoms with E-state index in [0.717, 1.165) is 31.5 Å². The van der Waals surface area contributed by atoms with Crippen LogP contribution in [0.5, 0.6) is 0 Å². The standard InChI is InChI=1S/C18H28N4O3/c1-25-12-10-19-14-17(23)22-11-6-5-9-16(22)13-20-18(24)21-15-7-3-2-4-8-15/h2-4,7-8,16,19H,5-6,9-14H2,1H3,(H2,20,21,24). The van der Waals surface area contributed by atoms with Crippen LogP contribution in [0.3, 0.4) is 0 Å². The first kappa shape index (κ1) is 19.2. The first-order chi connectivity index (χ1) is 12.2. The van der Waals surface area contributed by atoms with E-state index in [-0.39, 0.29) is 18.0 Å². The Labute approximate surface area is 149 Å². The Bertz CT molecular complexity index is 538. The molecule has 1 aromatic carbocycles. The summed E-state index contributed by atoms with van der Waals surface area (Å²) < 4.78 is 4.96. The topological polar surface area (TPSA) is 82.7 Å². The SMILES string of the molecule is COCCNCC(=O)N1CCCCC1CNC(=O)Nc1ccccc1. The Morgan fingerprint density at radius 2 is 2.04 bits per heavy atom. The average molecular weight is 348 g/mol. The van der Waals surface area contributed by atoms with Gasteiger partial charge < -0.3 is 25.6 Å². The number of anilines is 1. The van der Waals surface area contributed by atoms with Gasteiger partial charge in [-0.1, -0.05) is 18.2 Å². The fourth-order valence-electron chi connectivity index (χ4n) is 2.92. The van der Waals surface area contributed by atoms with Gasteiger partial charge in [0.2, 0.25) is 5.91 Å². The molecule has 2 rings (SSSR count). The number of hydrogen-bond donors (Lipinski definition) is 3. The molecule has 0 bridgehead atoms. The van der Waals surface area contributed by atoms with E-state index < -0.39 is 0 Å². The van der Waals surface area contributed by atoms with Crippen LogP contribution in [-0.4, -0.2) is 62.8 Å². The fourth-order valence-corrected chi connectivity index (χ4v) is 2.92. The Kier molecular flexibility index (Phi) is 8.21. The van der Waals surface area contributed by atoms with Crippen LogP contribution in [0.2, 0.25) is 0 Å². The predicted molar refractivity (Wildman–Crippen MR) is 97.6 cm³/mol. The number of piperidine rings is 1. The highest BCUT2D eigenvalue weighted by molar-refractivity contribution is 5.89. The Balaban J connectivity index is 1.77. The molecule has 1 aliphatic rings. The monoisotopic (exact) mass is 348 g/mol. The smallest absolute Gasteiger partial charge is 0.319 e. The summed E-state index contributed by atoms with van der Waals surface area (Å²) in [6.07, 6.45) is 3.00. The summed E-state index contributed by atoms with van der Waals surface area (Å²) in [5, 5.41) is 8.76. The minimum atomic E-state index is -0.248. The van der Waals surface area contributed by atoms with Crippen LogP contribution in [0, 0.1) is 0 Å². The van der Waals surface area contributed by atoms with Crippen LogP contribution >= 0.6 is 0 Å². The lowest BCUT2D eigenvalue weighted by Gasteiger charge is -2.36. The number of carbonyl (C=O) groups is 2. The summed E-state index contributed by atoms with van der Waals surface area (Å²) in [6.45, 7) is 2.74. The molecule has 1 fully saturated rings. The molecule has 1 aliphatic heterocycles. The third-order valence-corrected chi connectivity index (χ3v) is 4.24. The molecule has 0 aromatic heterocycles. The lowest BCUT2D eigenvalue weighted by atomic mass is 10.0. The molecule has 3 amide bonds. The number of benzene rings is 1. The lowest BCUT2D eigenvalue weighted by Crippen LogP contribution is -2.52. The number of ether oxygens (including phenoxy) is 1. The molecular formula is C18H28N4O3. The second-order valence-electron chi connectivity index (χ2n) is 6.11. The van der Waals surface area contributed by atoms with Crippen molar-refractivity contribution in [1.82, 2.24) is 15.5 Å². The lowest BCUT2D eigenvalue weighted by molar-refractivity contribution is -0.133. The zero-order chi connectivity index (χ0) is 17.9. The van der Waals surface area contributed by atoms with Gasteiger partial charge in [-0.2, -0.15) is 0 Å². The van der Waals surface area contributed by atoms with Gasteiger partial charge in [0, 0.05) is 38.5 Å². The van der Waals surface area contributed by atoms with Crippen molar-refractivity contribution in [2.75, 3.05) is 45.2 Å². The zero-order valence-electron chi connectivity index (χ0n) is 14.8. The number of urea groups is 1. The minimum Gasteiger partial charge on any atom is -0.383 e. The molecule has 7 nitrogen and oxygen atoms in total. The van der Waals surface area contributed by atoms with E-state index in [2.05, 4.69) is 16.0 Å². The van der Waals surface area contributed by atoms with Crippen LogP contribution < -0.4 is 16.0 Å². The third kappa shape index (κ3) is 6.72. The predicted octanol–water partition coefficient (Wildman–Crippen LogP) is 1.43. The second-order valence-corrected chi connectivity index (χ2v) is 6.11. The normalized spacial score (nSPS) is 17.2. The van der Waals surface area contributed by atoms with E-state index in [1.54, 1.807) is 7.11 Å². The van der Waals surface area contributed by atoms with Crippen molar-refractivity contribution >= 4 is 17.6 Å². The van der Waals surface area contributed by atoms with Gasteiger partial charge in [0.15, 0.2) is 0 Å². The van der Waals surface area contributed by atoms with E-state index in [1.165, 1.54) is 0 Å². The number of rotatable bonds is 8. The van der Waals surface area contributed by atoms with Gasteiger partial charge in [0.05, 0.1) is 13.2 Å². The molecule has 1 unspecified atom stereocenters. The van der Waals surface area contributed by atoms with E-state index in [4.69, 9.17) is 4.74 Å². The van der Waals surface area contributed by atoms with Gasteiger partial charge in [-0.3, -0.25) is 4.79 Å². The third-order valence-electron chi connectivity index (χ3n) is 4.24. The molecule has 0 aliphatic carbocycles. The van der Waals surface area contributed by atoms with E-state index in [0.29, 0.717) is 26.2 Å². The minimum absolute atomic E-state index is 0.0481. The van der Waals surface area contributed by atoms with Crippen LogP contribution in [0.15, 0.2) is 30.3 Å². The number of carbonyl (C=O) groups excluding carboxylic acids is 2. The molecule has 7 heteroatoms. The molecule has 1 heterocycles. The van der Waals surface area contributed by atoms with E-state index in [9.17, 15) is 9.59 Å². The average Bonchev–Trinajstić information content (AvgIpc) is 2.64. The number of para-hydroxylation sites is 1. The first-order valence-corrected chi connectivity index (χ1v) is 8.79. The zero-order valence-corrected chi connectivity index (χ0v) is 14.8. The van der Waals surface area contributed by atoms with E-state index in [1.807, 2.05) is 35.2 Å². The van der Waals surface area contributed by atoms with Crippen LogP contribution in [0.4, 0.5) is 10.5 Å². The number of hydrogen-bond acceptors (Lipinski definition) is 4. The molecule has 0 radical (unpaired) electrons. The Hall–Kier alpha value is -2.12. The van der Waals surface area contributed by atoms with Gasteiger partial charge in [0.25, 0.3) is 0 Å². The molecule has 25 heavy (non-hydrogen) atoms. The van der Waals surface area contributed by atoms with Crippen molar-refractivity contribution in [1.29, 1.82) is 0 Å². The maximum absolute atomic E-state index is 12.4. The summed E-state index contributed by atoms with van der Waals surface area (Å²) in [5.41, 5.74) is 0.749. The second kappa shape index (κ2) is 10.7. The van der Waals surface area contributed by atoms with Crippen molar-refractivity contribution in [3.8, 4) is 0 Å². The van der Waals surface area contributed by atoms with Crippen molar-refractivity contribution in [3.05, 3.63) is 30.3 Å². The van der Waals surface area contributed by atoms with Crippen LogP contribution in [0.1, 0.15) is 19.3 Å². The van der Waals surface area contributed by atoms with Gasteiger partial charge in [-0.25, -0.2) is 4.79 Å². The van der Waals surface area contributed by atoms with Gasteiger partial charge in [-0.05, 0) is 31.4 Å².